The van der Waals surface area contributed by atoms with Gasteiger partial charge >= 0.3 is 0 Å². The zero-order valence-corrected chi connectivity index (χ0v) is 19.7. The van der Waals surface area contributed by atoms with Crippen molar-refractivity contribution in [3.05, 3.63) is 71.4 Å². The first-order valence-corrected chi connectivity index (χ1v) is 13.3. The molecule has 0 amide bonds. The van der Waals surface area contributed by atoms with Gasteiger partial charge in [0.1, 0.15) is 16.2 Å². The Labute approximate surface area is 198 Å². The van der Waals surface area contributed by atoms with Crippen LogP contribution in [0, 0.1) is 0 Å². The van der Waals surface area contributed by atoms with Crippen LogP contribution in [0.4, 0.5) is 8.78 Å². The van der Waals surface area contributed by atoms with Gasteiger partial charge in [0, 0.05) is 29.0 Å². The number of hydrogen-bond donors (Lipinski definition) is 1. The Hall–Kier alpha value is -2.53. The summed E-state index contributed by atoms with van der Waals surface area (Å²) >= 11 is 2.07. The summed E-state index contributed by atoms with van der Waals surface area (Å²) < 4.78 is 65.2. The molecule has 0 aliphatic carbocycles. The molecule has 172 valence electrons. The predicted octanol–water partition coefficient (Wildman–Crippen LogP) is 6.21. The van der Waals surface area contributed by atoms with E-state index in [4.69, 9.17) is 8.97 Å². The average Bonchev–Trinajstić information content (AvgIpc) is 3.36. The fourth-order valence-corrected chi connectivity index (χ4v) is 5.45. The summed E-state index contributed by atoms with van der Waals surface area (Å²) in [7, 11) is -4.01. The zero-order chi connectivity index (χ0) is 23.4. The van der Waals surface area contributed by atoms with Crippen LogP contribution in [-0.2, 0) is 16.7 Å². The van der Waals surface area contributed by atoms with Crippen molar-refractivity contribution in [1.82, 2.24) is 0 Å². The standard InChI is InChI=1S/C23H19F2NO4S3/c24-23(25)31-18-10-6-16(7-11-18)20-12-8-17(30-20)9-13-22-26(14-3-15-33(27,28)29)19-4-1-2-5-21(19)32-22/h1-2,4-13,23H,3,14-15H2/p+1/b13-9+. The summed E-state index contributed by atoms with van der Waals surface area (Å²) in [5, 5.41) is 0.915. The number of rotatable bonds is 9. The highest BCUT2D eigenvalue weighted by Crippen LogP contribution is 2.29. The van der Waals surface area contributed by atoms with Gasteiger partial charge in [-0.1, -0.05) is 47.4 Å². The Bertz CT molecular complexity index is 1380. The molecule has 0 spiro atoms. The Morgan fingerprint density at radius 2 is 1.82 bits per heavy atom. The second-order valence-electron chi connectivity index (χ2n) is 7.14. The molecule has 0 fully saturated rings. The van der Waals surface area contributed by atoms with Crippen LogP contribution >= 0.6 is 23.1 Å². The second kappa shape index (κ2) is 10.2. The molecule has 33 heavy (non-hydrogen) atoms. The van der Waals surface area contributed by atoms with Crippen LogP contribution in [0.2, 0.25) is 0 Å². The van der Waals surface area contributed by atoms with Crippen LogP contribution in [0.15, 0.2) is 70.0 Å². The number of furan rings is 1. The van der Waals surface area contributed by atoms with Crippen molar-refractivity contribution in [2.24, 2.45) is 0 Å². The van der Waals surface area contributed by atoms with Gasteiger partial charge in [0.05, 0.1) is 5.75 Å². The van der Waals surface area contributed by atoms with Gasteiger partial charge in [-0.3, -0.25) is 4.55 Å². The number of aryl methyl sites for hydroxylation is 1. The Morgan fingerprint density at radius 1 is 1.06 bits per heavy atom. The molecular formula is C23H20F2NO4S3+. The lowest BCUT2D eigenvalue weighted by Gasteiger charge is -2.01. The zero-order valence-electron chi connectivity index (χ0n) is 17.2. The quantitative estimate of drug-likeness (QED) is 0.165. The molecule has 2 aromatic heterocycles. The van der Waals surface area contributed by atoms with Crippen molar-refractivity contribution < 1.29 is 30.7 Å². The van der Waals surface area contributed by atoms with Gasteiger partial charge in [-0.05, 0) is 36.4 Å². The molecule has 1 N–H and O–H groups in total. The maximum atomic E-state index is 12.5. The summed E-state index contributed by atoms with van der Waals surface area (Å²) in [6, 6.07) is 18.2. The second-order valence-corrected chi connectivity index (χ2v) is 10.8. The van der Waals surface area contributed by atoms with Gasteiger partial charge in [-0.15, -0.1) is 0 Å². The third kappa shape index (κ3) is 6.29. The van der Waals surface area contributed by atoms with Crippen LogP contribution in [0.3, 0.4) is 0 Å². The number of hydrogen-bond acceptors (Lipinski definition) is 5. The Kier molecular flexibility index (Phi) is 7.28. The number of fused-ring (bicyclic) bond motifs is 1. The maximum absolute atomic E-state index is 12.5. The van der Waals surface area contributed by atoms with Crippen molar-refractivity contribution >= 4 is 55.6 Å². The Morgan fingerprint density at radius 3 is 2.55 bits per heavy atom. The molecule has 0 atom stereocenters. The van der Waals surface area contributed by atoms with Crippen LogP contribution in [0.25, 0.3) is 33.7 Å². The smallest absolute Gasteiger partial charge is 0.288 e. The number of thiazole rings is 1. The van der Waals surface area contributed by atoms with Crippen molar-refractivity contribution in [3.63, 3.8) is 0 Å². The average molecular weight is 509 g/mol. The molecule has 0 aliphatic heterocycles. The fraction of sp³-hybridized carbons (Fsp3) is 0.174. The van der Waals surface area contributed by atoms with Crippen molar-refractivity contribution in [3.8, 4) is 11.3 Å². The van der Waals surface area contributed by atoms with E-state index >= 15 is 0 Å². The van der Waals surface area contributed by atoms with E-state index < -0.39 is 15.9 Å². The first kappa shape index (κ1) is 23.6. The molecule has 0 radical (unpaired) electrons. The topological polar surface area (TPSA) is 71.4 Å². The number of para-hydroxylation sites is 1. The van der Waals surface area contributed by atoms with Gasteiger partial charge in [0.15, 0.2) is 6.54 Å². The molecule has 4 aromatic rings. The molecule has 2 heterocycles. The van der Waals surface area contributed by atoms with Crippen molar-refractivity contribution in [2.45, 2.75) is 23.6 Å². The Balaban J connectivity index is 1.54. The van der Waals surface area contributed by atoms with Crippen LogP contribution in [0.5, 0.6) is 0 Å². The van der Waals surface area contributed by atoms with Gasteiger partial charge < -0.3 is 4.42 Å². The molecule has 0 saturated carbocycles. The fourth-order valence-electron chi connectivity index (χ4n) is 3.36. The number of nitrogens with zero attached hydrogens (tertiary/aromatic N) is 1. The monoisotopic (exact) mass is 508 g/mol. The molecule has 4 rings (SSSR count). The molecule has 0 aliphatic rings. The molecule has 5 nitrogen and oxygen atoms in total. The van der Waals surface area contributed by atoms with Crippen LogP contribution in [0.1, 0.15) is 17.2 Å². The SMILES string of the molecule is O=S(=O)(O)CCC[n+]1c(/C=C/c2ccc(-c3ccc(SC(F)F)cc3)o2)sc2ccccc21. The van der Waals surface area contributed by atoms with E-state index in [0.717, 1.165) is 20.8 Å². The number of thioether (sulfide) groups is 1. The lowest BCUT2D eigenvalue weighted by atomic mass is 10.2. The van der Waals surface area contributed by atoms with Crippen LogP contribution in [-0.4, -0.2) is 24.5 Å². The van der Waals surface area contributed by atoms with E-state index in [2.05, 4.69) is 0 Å². The predicted molar refractivity (Wildman–Crippen MR) is 128 cm³/mol. The minimum atomic E-state index is -4.01. The lowest BCUT2D eigenvalue weighted by Crippen LogP contribution is -2.35. The summed E-state index contributed by atoms with van der Waals surface area (Å²) in [5.41, 5.74) is 1.77. The summed E-state index contributed by atoms with van der Waals surface area (Å²) in [6.07, 6.45) is 4.02. The van der Waals surface area contributed by atoms with Crippen molar-refractivity contribution in [1.29, 1.82) is 0 Å². The highest BCUT2D eigenvalue weighted by atomic mass is 32.2. The van der Waals surface area contributed by atoms with Crippen molar-refractivity contribution in [2.75, 3.05) is 5.75 Å². The van der Waals surface area contributed by atoms with E-state index in [0.29, 0.717) is 34.7 Å². The van der Waals surface area contributed by atoms with E-state index in [-0.39, 0.29) is 12.2 Å². The molecule has 0 unspecified atom stereocenters. The largest absolute Gasteiger partial charge is 0.457 e. The normalized spacial score (nSPS) is 12.4. The molecule has 10 heteroatoms. The number of halogens is 2. The first-order valence-electron chi connectivity index (χ1n) is 9.98. The van der Waals surface area contributed by atoms with E-state index in [9.17, 15) is 17.2 Å². The van der Waals surface area contributed by atoms with Gasteiger partial charge in [-0.25, -0.2) is 0 Å². The maximum Gasteiger partial charge on any atom is 0.288 e. The molecule has 0 bridgehead atoms. The number of aromatic nitrogens is 1. The van der Waals surface area contributed by atoms with Gasteiger partial charge in [-0.2, -0.15) is 21.8 Å². The third-order valence-electron chi connectivity index (χ3n) is 4.80. The molecule has 0 saturated heterocycles. The highest BCUT2D eigenvalue weighted by molar-refractivity contribution is 7.99. The summed E-state index contributed by atoms with van der Waals surface area (Å²) in [6.45, 7) is 0.440. The third-order valence-corrected chi connectivity index (χ3v) is 7.46. The van der Waals surface area contributed by atoms with E-state index in [1.807, 2.05) is 53.1 Å². The molecule has 2 aromatic carbocycles. The lowest BCUT2D eigenvalue weighted by molar-refractivity contribution is -0.668. The minimum Gasteiger partial charge on any atom is -0.457 e. The van der Waals surface area contributed by atoms with Gasteiger partial charge in [0.2, 0.25) is 5.52 Å². The van der Waals surface area contributed by atoms with Crippen LogP contribution < -0.4 is 4.57 Å². The summed E-state index contributed by atoms with van der Waals surface area (Å²) in [5.74, 6) is -1.51. The van der Waals surface area contributed by atoms with E-state index in [1.54, 1.807) is 35.6 Å². The highest BCUT2D eigenvalue weighted by Gasteiger charge is 2.19. The first-order chi connectivity index (χ1) is 15.8. The molecular weight excluding hydrogens is 488 g/mol. The number of alkyl halides is 2. The van der Waals surface area contributed by atoms with E-state index in [1.165, 1.54) is 0 Å². The summed E-state index contributed by atoms with van der Waals surface area (Å²) in [4.78, 5) is 0.490. The number of benzene rings is 2. The van der Waals surface area contributed by atoms with Gasteiger partial charge in [0.25, 0.3) is 20.9 Å². The minimum absolute atomic E-state index is 0.288.